The maximum absolute atomic E-state index is 13.3. The second-order valence-corrected chi connectivity index (χ2v) is 7.16. The van der Waals surface area contributed by atoms with Gasteiger partial charge in [-0.25, -0.2) is 14.2 Å². The fourth-order valence-corrected chi connectivity index (χ4v) is 3.74. The van der Waals surface area contributed by atoms with Crippen LogP contribution in [0.4, 0.5) is 4.39 Å². The number of carbonyl (C=O) groups excluding carboxylic acids is 2. The molecule has 0 saturated carbocycles. The quantitative estimate of drug-likeness (QED) is 0.663. The lowest BCUT2D eigenvalue weighted by Crippen LogP contribution is -2.26. The Morgan fingerprint density at radius 2 is 1.90 bits per heavy atom. The Bertz CT molecular complexity index is 1150. The van der Waals surface area contributed by atoms with Gasteiger partial charge in [-0.15, -0.1) is 0 Å². The number of pyridine rings is 1. The number of allylic oxidation sites excluding steroid dienone is 1. The van der Waals surface area contributed by atoms with Gasteiger partial charge < -0.3 is 10.1 Å². The monoisotopic (exact) mass is 404 g/mol. The molecule has 4 rings (SSSR count). The van der Waals surface area contributed by atoms with E-state index in [-0.39, 0.29) is 18.3 Å². The molecule has 1 aromatic heterocycles. The summed E-state index contributed by atoms with van der Waals surface area (Å²) in [6, 6.07) is 13.7. The number of hydrogen-bond acceptors (Lipinski definition) is 4. The zero-order valence-electron chi connectivity index (χ0n) is 16.6. The molecule has 0 fully saturated rings. The molecule has 0 bridgehead atoms. The molecule has 2 aromatic carbocycles. The Kier molecular flexibility index (Phi) is 5.57. The van der Waals surface area contributed by atoms with E-state index >= 15 is 0 Å². The number of carbonyl (C=O) groups is 2. The molecule has 152 valence electrons. The van der Waals surface area contributed by atoms with Crippen LogP contribution in [0.15, 0.2) is 48.5 Å². The first-order valence-corrected chi connectivity index (χ1v) is 9.82. The summed E-state index contributed by atoms with van der Waals surface area (Å²) in [5.41, 5.74) is 4.61. The number of fused-ring (bicyclic) bond motifs is 2. The number of esters is 1. The molecule has 5 nitrogen and oxygen atoms in total. The molecule has 30 heavy (non-hydrogen) atoms. The van der Waals surface area contributed by atoms with Crippen LogP contribution in [0.2, 0.25) is 0 Å². The highest BCUT2D eigenvalue weighted by atomic mass is 19.1. The molecule has 0 unspecified atom stereocenters. The van der Waals surface area contributed by atoms with Gasteiger partial charge in [0.15, 0.2) is 6.61 Å². The number of halogens is 1. The van der Waals surface area contributed by atoms with Crippen LogP contribution in [-0.4, -0.2) is 30.5 Å². The minimum atomic E-state index is -0.531. The van der Waals surface area contributed by atoms with Gasteiger partial charge in [-0.2, -0.15) is 0 Å². The number of likely N-dealkylation sites (N-methyl/N-ethyl adjacent to an activating group) is 1. The van der Waals surface area contributed by atoms with E-state index in [1.807, 2.05) is 30.3 Å². The molecule has 1 aliphatic carbocycles. The smallest absolute Gasteiger partial charge is 0.339 e. The van der Waals surface area contributed by atoms with E-state index in [1.54, 1.807) is 12.1 Å². The first kappa shape index (κ1) is 19.8. The first-order valence-electron chi connectivity index (χ1n) is 9.82. The summed E-state index contributed by atoms with van der Waals surface area (Å²) in [4.78, 5) is 29.3. The minimum absolute atomic E-state index is 0.286. The van der Waals surface area contributed by atoms with Crippen molar-refractivity contribution in [1.29, 1.82) is 0 Å². The molecule has 0 radical (unpaired) electrons. The third kappa shape index (κ3) is 3.94. The van der Waals surface area contributed by atoms with Gasteiger partial charge in [0.05, 0.1) is 16.8 Å². The van der Waals surface area contributed by atoms with Gasteiger partial charge in [0.25, 0.3) is 5.91 Å². The average molecular weight is 404 g/mol. The van der Waals surface area contributed by atoms with E-state index in [9.17, 15) is 14.0 Å². The van der Waals surface area contributed by atoms with Crippen molar-refractivity contribution >= 4 is 34.4 Å². The molecular weight excluding hydrogens is 383 g/mol. The number of aromatic nitrogens is 1. The molecule has 0 spiro atoms. The van der Waals surface area contributed by atoms with E-state index in [0.717, 1.165) is 35.2 Å². The number of rotatable bonds is 4. The molecule has 0 saturated heterocycles. The van der Waals surface area contributed by atoms with Gasteiger partial charge in [-0.1, -0.05) is 30.3 Å². The molecule has 1 heterocycles. The number of hydrogen-bond donors (Lipinski definition) is 1. The van der Waals surface area contributed by atoms with E-state index in [0.29, 0.717) is 22.9 Å². The Hall–Kier alpha value is -3.54. The second kappa shape index (κ2) is 8.45. The van der Waals surface area contributed by atoms with E-state index < -0.39 is 5.97 Å². The van der Waals surface area contributed by atoms with Crippen LogP contribution in [0.1, 0.15) is 40.0 Å². The van der Waals surface area contributed by atoms with Crippen LogP contribution < -0.4 is 5.32 Å². The summed E-state index contributed by atoms with van der Waals surface area (Å²) in [6.45, 7) is -0.334. The SMILES string of the molecule is CNC(=O)COC(=O)c1c2c(nc3ccccc13)/C(=C\c1ccc(F)cc1)CCC2. The fraction of sp³-hybridized carbons (Fsp3) is 0.208. The highest BCUT2D eigenvalue weighted by molar-refractivity contribution is 6.07. The van der Waals surface area contributed by atoms with Gasteiger partial charge in [-0.3, -0.25) is 4.79 Å². The van der Waals surface area contributed by atoms with Gasteiger partial charge in [-0.05, 0) is 60.2 Å². The zero-order chi connectivity index (χ0) is 21.1. The summed E-state index contributed by atoms with van der Waals surface area (Å²) in [5.74, 6) is -1.18. The topological polar surface area (TPSA) is 68.3 Å². The van der Waals surface area contributed by atoms with Crippen molar-refractivity contribution in [2.24, 2.45) is 0 Å². The predicted octanol–water partition coefficient (Wildman–Crippen LogP) is 4.15. The maximum Gasteiger partial charge on any atom is 0.339 e. The summed E-state index contributed by atoms with van der Waals surface area (Å²) < 4.78 is 18.5. The first-order chi connectivity index (χ1) is 14.6. The average Bonchev–Trinajstić information content (AvgIpc) is 2.77. The molecule has 1 amide bonds. The van der Waals surface area contributed by atoms with E-state index in [1.165, 1.54) is 19.2 Å². The third-order valence-electron chi connectivity index (χ3n) is 5.20. The Morgan fingerprint density at radius 3 is 2.67 bits per heavy atom. The molecule has 1 N–H and O–H groups in total. The highest BCUT2D eigenvalue weighted by Crippen LogP contribution is 2.36. The summed E-state index contributed by atoms with van der Waals surface area (Å²) >= 11 is 0. The summed E-state index contributed by atoms with van der Waals surface area (Å²) in [6.07, 6.45) is 4.34. The van der Waals surface area contributed by atoms with Crippen molar-refractivity contribution in [2.45, 2.75) is 19.3 Å². The number of nitrogens with zero attached hydrogens (tertiary/aromatic N) is 1. The van der Waals surface area contributed by atoms with Gasteiger partial charge >= 0.3 is 5.97 Å². The number of benzene rings is 2. The normalized spacial score (nSPS) is 14.4. The van der Waals surface area contributed by atoms with E-state index in [4.69, 9.17) is 9.72 Å². The van der Waals surface area contributed by atoms with Crippen LogP contribution in [0.25, 0.3) is 22.6 Å². The van der Waals surface area contributed by atoms with Gasteiger partial charge in [0.1, 0.15) is 5.82 Å². The molecule has 3 aromatic rings. The molecular formula is C24H21FN2O3. The minimum Gasteiger partial charge on any atom is -0.452 e. The number of nitrogens with one attached hydrogen (secondary N) is 1. The Labute approximate surface area is 173 Å². The molecule has 0 atom stereocenters. The van der Waals surface area contributed by atoms with Gasteiger partial charge in [0.2, 0.25) is 0 Å². The van der Waals surface area contributed by atoms with Crippen LogP contribution in [0.5, 0.6) is 0 Å². The largest absolute Gasteiger partial charge is 0.452 e. The van der Waals surface area contributed by atoms with Crippen molar-refractivity contribution in [2.75, 3.05) is 13.7 Å². The Balaban J connectivity index is 1.83. The lowest BCUT2D eigenvalue weighted by Gasteiger charge is -2.22. The molecule has 0 aliphatic heterocycles. The predicted molar refractivity (Wildman–Crippen MR) is 113 cm³/mol. The van der Waals surface area contributed by atoms with Crippen molar-refractivity contribution in [3.8, 4) is 0 Å². The van der Waals surface area contributed by atoms with Gasteiger partial charge in [0, 0.05) is 12.4 Å². The van der Waals surface area contributed by atoms with E-state index in [2.05, 4.69) is 5.32 Å². The van der Waals surface area contributed by atoms with Crippen molar-refractivity contribution in [1.82, 2.24) is 10.3 Å². The zero-order valence-corrected chi connectivity index (χ0v) is 16.6. The third-order valence-corrected chi connectivity index (χ3v) is 5.20. The van der Waals surface area contributed by atoms with Crippen LogP contribution in [0, 0.1) is 5.82 Å². The number of ether oxygens (including phenoxy) is 1. The standard InChI is InChI=1S/C24H21FN2O3/c1-26-21(28)14-30-24(29)22-18-6-2-3-8-20(18)27-23-16(5-4-7-19(22)23)13-15-9-11-17(25)12-10-15/h2-3,6,8-13H,4-5,7,14H2,1H3,(H,26,28)/b16-13-. The lowest BCUT2D eigenvalue weighted by molar-refractivity contribution is -0.123. The molecule has 1 aliphatic rings. The van der Waals surface area contributed by atoms with Crippen LogP contribution in [-0.2, 0) is 16.0 Å². The second-order valence-electron chi connectivity index (χ2n) is 7.16. The fourth-order valence-electron chi connectivity index (χ4n) is 3.74. The molecule has 6 heteroatoms. The van der Waals surface area contributed by atoms with Crippen molar-refractivity contribution < 1.29 is 18.7 Å². The van der Waals surface area contributed by atoms with Crippen molar-refractivity contribution in [3.63, 3.8) is 0 Å². The summed E-state index contributed by atoms with van der Waals surface area (Å²) in [5, 5.41) is 3.15. The van der Waals surface area contributed by atoms with Crippen LogP contribution in [0.3, 0.4) is 0 Å². The van der Waals surface area contributed by atoms with Crippen LogP contribution >= 0.6 is 0 Å². The van der Waals surface area contributed by atoms with Crippen molar-refractivity contribution in [3.05, 3.63) is 76.7 Å². The highest BCUT2D eigenvalue weighted by Gasteiger charge is 2.26. The Morgan fingerprint density at radius 1 is 1.13 bits per heavy atom. The number of para-hydroxylation sites is 1. The summed E-state index contributed by atoms with van der Waals surface area (Å²) in [7, 11) is 1.49. The lowest BCUT2D eigenvalue weighted by atomic mass is 9.86. The number of amides is 1. The maximum atomic E-state index is 13.3.